The van der Waals surface area contributed by atoms with Crippen LogP contribution >= 0.6 is 24.0 Å². The number of benzene rings is 2. The summed E-state index contributed by atoms with van der Waals surface area (Å²) in [5.41, 5.74) is 9.05. The summed E-state index contributed by atoms with van der Waals surface area (Å²) in [6.07, 6.45) is 1.84. The van der Waals surface area contributed by atoms with Gasteiger partial charge in [0.2, 0.25) is 0 Å². The van der Waals surface area contributed by atoms with Crippen molar-refractivity contribution in [1.29, 1.82) is 0 Å². The van der Waals surface area contributed by atoms with Gasteiger partial charge in [0.1, 0.15) is 5.75 Å². The predicted octanol–water partition coefficient (Wildman–Crippen LogP) is 4.49. The molecule has 0 spiro atoms. The Bertz CT molecular complexity index is 811. The second kappa shape index (κ2) is 11.0. The van der Waals surface area contributed by atoms with Crippen LogP contribution in [0, 0.1) is 6.92 Å². The molecule has 3 rings (SSSR count). The quantitative estimate of drug-likeness (QED) is 0.350. The number of fused-ring (bicyclic) bond motifs is 1. The summed E-state index contributed by atoms with van der Waals surface area (Å²) in [6, 6.07) is 11.8. The Morgan fingerprint density at radius 3 is 2.71 bits per heavy atom. The number of ether oxygens (including phenoxy) is 3. The molecule has 0 atom stereocenters. The number of nitrogens with one attached hydrogen (secondary N) is 1. The first kappa shape index (κ1) is 22.1. The predicted molar refractivity (Wildman–Crippen MR) is 123 cm³/mol. The molecule has 1 aliphatic heterocycles. The minimum absolute atomic E-state index is 0. The van der Waals surface area contributed by atoms with Crippen molar-refractivity contribution in [2.45, 2.75) is 33.2 Å². The third-order valence-corrected chi connectivity index (χ3v) is 4.12. The largest absolute Gasteiger partial charge is 0.493 e. The smallest absolute Gasteiger partial charge is 0.193 e. The highest BCUT2D eigenvalue weighted by Gasteiger charge is 2.11. The van der Waals surface area contributed by atoms with E-state index in [4.69, 9.17) is 19.9 Å². The van der Waals surface area contributed by atoms with E-state index in [-0.39, 0.29) is 24.0 Å². The molecule has 3 N–H and O–H groups in total. The Balaban J connectivity index is 0.00000280. The van der Waals surface area contributed by atoms with E-state index < -0.39 is 0 Å². The molecule has 0 amide bonds. The van der Waals surface area contributed by atoms with Gasteiger partial charge in [-0.2, -0.15) is 0 Å². The van der Waals surface area contributed by atoms with Crippen molar-refractivity contribution in [2.75, 3.05) is 25.1 Å². The van der Waals surface area contributed by atoms with Crippen LogP contribution in [0.4, 0.5) is 5.69 Å². The number of hydrogen-bond donors (Lipinski definition) is 2. The number of guanidine groups is 1. The molecule has 6 nitrogen and oxygen atoms in total. The van der Waals surface area contributed by atoms with Crippen LogP contribution in [0.1, 0.15) is 30.9 Å². The molecule has 0 saturated carbocycles. The maximum Gasteiger partial charge on any atom is 0.193 e. The minimum Gasteiger partial charge on any atom is -0.493 e. The van der Waals surface area contributed by atoms with Crippen molar-refractivity contribution in [3.05, 3.63) is 47.5 Å². The number of nitrogens with two attached hydrogens (primary N) is 1. The summed E-state index contributed by atoms with van der Waals surface area (Å²) in [4.78, 5) is 4.45. The van der Waals surface area contributed by atoms with E-state index in [0.717, 1.165) is 46.9 Å². The first-order valence-corrected chi connectivity index (χ1v) is 9.34. The first-order chi connectivity index (χ1) is 13.2. The van der Waals surface area contributed by atoms with Gasteiger partial charge in [-0.05, 0) is 37.1 Å². The van der Waals surface area contributed by atoms with Gasteiger partial charge in [-0.3, -0.25) is 0 Å². The van der Waals surface area contributed by atoms with Gasteiger partial charge in [-0.15, -0.1) is 24.0 Å². The average Bonchev–Trinajstić information content (AvgIpc) is 2.90. The second-order valence-corrected chi connectivity index (χ2v) is 6.50. The van der Waals surface area contributed by atoms with Gasteiger partial charge >= 0.3 is 0 Å². The molecule has 1 aliphatic rings. The molecule has 0 bridgehead atoms. The van der Waals surface area contributed by atoms with Gasteiger partial charge in [0, 0.05) is 23.7 Å². The number of nitrogens with zero attached hydrogens (tertiary/aromatic N) is 1. The highest BCUT2D eigenvalue weighted by atomic mass is 127. The number of anilines is 1. The van der Waals surface area contributed by atoms with E-state index in [1.807, 2.05) is 37.3 Å². The molecule has 0 saturated heterocycles. The Morgan fingerprint density at radius 2 is 1.93 bits per heavy atom. The van der Waals surface area contributed by atoms with Crippen LogP contribution in [0.5, 0.6) is 17.2 Å². The lowest BCUT2D eigenvalue weighted by Gasteiger charge is -2.12. The lowest BCUT2D eigenvalue weighted by Crippen LogP contribution is -2.22. The first-order valence-electron chi connectivity index (χ1n) is 9.34. The van der Waals surface area contributed by atoms with E-state index in [0.29, 0.717) is 32.3 Å². The Kier molecular flexibility index (Phi) is 8.69. The summed E-state index contributed by atoms with van der Waals surface area (Å²) < 4.78 is 17.2. The minimum atomic E-state index is 0. The lowest BCUT2D eigenvalue weighted by molar-refractivity contribution is 0.297. The topological polar surface area (TPSA) is 78.1 Å². The highest BCUT2D eigenvalue weighted by molar-refractivity contribution is 14.0. The standard InChI is InChI=1S/C21H27N3O3.HI/c1-3-9-25-19-12-15(2)5-6-16(19)14-23-21(22)24-17-7-8-18-20(13-17)27-11-4-10-26-18;/h5-8,12-13H,3-4,9-11,14H2,1-2H3,(H3,22,23,24);1H. The van der Waals surface area contributed by atoms with E-state index >= 15 is 0 Å². The molecule has 0 unspecified atom stereocenters. The van der Waals surface area contributed by atoms with Crippen LogP contribution in [0.2, 0.25) is 0 Å². The fourth-order valence-electron chi connectivity index (χ4n) is 2.74. The van der Waals surface area contributed by atoms with Crippen molar-refractivity contribution in [3.8, 4) is 17.2 Å². The van der Waals surface area contributed by atoms with Crippen molar-refractivity contribution in [1.82, 2.24) is 0 Å². The van der Waals surface area contributed by atoms with E-state index in [1.54, 1.807) is 0 Å². The lowest BCUT2D eigenvalue weighted by atomic mass is 10.1. The number of aryl methyl sites for hydroxylation is 1. The summed E-state index contributed by atoms with van der Waals surface area (Å²) in [6.45, 7) is 6.58. The molecule has 152 valence electrons. The molecule has 28 heavy (non-hydrogen) atoms. The Morgan fingerprint density at radius 1 is 1.14 bits per heavy atom. The molecule has 2 aromatic carbocycles. The fraction of sp³-hybridized carbons (Fsp3) is 0.381. The summed E-state index contributed by atoms with van der Waals surface area (Å²) in [5, 5.41) is 3.11. The second-order valence-electron chi connectivity index (χ2n) is 6.50. The van der Waals surface area contributed by atoms with Crippen molar-refractivity contribution >= 4 is 35.6 Å². The highest BCUT2D eigenvalue weighted by Crippen LogP contribution is 2.32. The van der Waals surface area contributed by atoms with Crippen molar-refractivity contribution < 1.29 is 14.2 Å². The van der Waals surface area contributed by atoms with Gasteiger partial charge in [-0.1, -0.05) is 19.1 Å². The SMILES string of the molecule is CCCOc1cc(C)ccc1CN=C(N)Nc1ccc2c(c1)OCCCO2.I. The van der Waals surface area contributed by atoms with Gasteiger partial charge in [0.25, 0.3) is 0 Å². The van der Waals surface area contributed by atoms with Crippen molar-refractivity contribution in [2.24, 2.45) is 10.7 Å². The molecule has 1 heterocycles. The Labute approximate surface area is 183 Å². The van der Waals surface area contributed by atoms with E-state index in [2.05, 4.69) is 23.3 Å². The van der Waals surface area contributed by atoms with Crippen LogP contribution in [0.25, 0.3) is 0 Å². The van der Waals surface area contributed by atoms with Crippen LogP contribution in [0.15, 0.2) is 41.4 Å². The van der Waals surface area contributed by atoms with Crippen LogP contribution in [0.3, 0.4) is 0 Å². The third-order valence-electron chi connectivity index (χ3n) is 4.12. The molecule has 7 heteroatoms. The average molecular weight is 497 g/mol. The fourth-order valence-corrected chi connectivity index (χ4v) is 2.74. The van der Waals surface area contributed by atoms with Crippen molar-refractivity contribution in [3.63, 3.8) is 0 Å². The number of rotatable bonds is 6. The van der Waals surface area contributed by atoms with Gasteiger partial charge < -0.3 is 25.3 Å². The Hall–Kier alpha value is -2.16. The summed E-state index contributed by atoms with van der Waals surface area (Å²) in [7, 11) is 0. The number of hydrogen-bond acceptors (Lipinski definition) is 4. The molecule has 0 aliphatic carbocycles. The molecule has 2 aromatic rings. The van der Waals surface area contributed by atoms with E-state index in [1.165, 1.54) is 0 Å². The summed E-state index contributed by atoms with van der Waals surface area (Å²) in [5.74, 6) is 2.68. The van der Waals surface area contributed by atoms with Crippen LogP contribution < -0.4 is 25.3 Å². The third kappa shape index (κ3) is 6.19. The zero-order valence-corrected chi connectivity index (χ0v) is 18.7. The van der Waals surface area contributed by atoms with Gasteiger partial charge in [0.05, 0.1) is 26.4 Å². The monoisotopic (exact) mass is 497 g/mol. The molecule has 0 fully saturated rings. The molecular formula is C21H28IN3O3. The summed E-state index contributed by atoms with van der Waals surface area (Å²) >= 11 is 0. The van der Waals surface area contributed by atoms with Crippen LogP contribution in [-0.2, 0) is 6.54 Å². The maximum atomic E-state index is 6.07. The zero-order valence-electron chi connectivity index (χ0n) is 16.4. The zero-order chi connectivity index (χ0) is 19.1. The molecule has 0 aromatic heterocycles. The normalized spacial score (nSPS) is 13.3. The maximum absolute atomic E-state index is 6.07. The van der Waals surface area contributed by atoms with Crippen LogP contribution in [-0.4, -0.2) is 25.8 Å². The van der Waals surface area contributed by atoms with Gasteiger partial charge in [-0.25, -0.2) is 4.99 Å². The van der Waals surface area contributed by atoms with E-state index in [9.17, 15) is 0 Å². The molecule has 0 radical (unpaired) electrons. The number of aliphatic imine (C=N–C) groups is 1. The molecular weight excluding hydrogens is 469 g/mol. The van der Waals surface area contributed by atoms with Gasteiger partial charge in [0.15, 0.2) is 17.5 Å². The number of halogens is 1.